The highest BCUT2D eigenvalue weighted by molar-refractivity contribution is 8.00. The average Bonchev–Trinajstić information content (AvgIpc) is 2.88. The van der Waals surface area contributed by atoms with Crippen LogP contribution in [0.3, 0.4) is 0 Å². The Kier molecular flexibility index (Phi) is 4.73. The van der Waals surface area contributed by atoms with E-state index < -0.39 is 0 Å². The molecule has 1 atom stereocenters. The minimum atomic E-state index is -0.279. The molecule has 1 N–H and O–H groups in total. The van der Waals surface area contributed by atoms with E-state index in [9.17, 15) is 4.79 Å². The van der Waals surface area contributed by atoms with E-state index in [1.165, 1.54) is 11.8 Å². The summed E-state index contributed by atoms with van der Waals surface area (Å²) in [5.41, 5.74) is 0.786. The van der Waals surface area contributed by atoms with Gasteiger partial charge in [0.05, 0.1) is 11.3 Å². The van der Waals surface area contributed by atoms with Crippen molar-refractivity contribution in [3.05, 3.63) is 30.3 Å². The molecule has 20 heavy (non-hydrogen) atoms. The zero-order chi connectivity index (χ0) is 14.5. The highest BCUT2D eigenvalue weighted by atomic mass is 32.2. The van der Waals surface area contributed by atoms with Crippen LogP contribution in [0.15, 0.2) is 35.5 Å². The summed E-state index contributed by atoms with van der Waals surface area (Å²) >= 11 is 1.35. The number of rotatable bonds is 5. The Balaban J connectivity index is 1.99. The molecule has 6 nitrogen and oxygen atoms in total. The number of tetrazole rings is 1. The molecule has 106 valence electrons. The van der Waals surface area contributed by atoms with Crippen molar-refractivity contribution < 1.29 is 4.79 Å². The molecule has 1 heterocycles. The van der Waals surface area contributed by atoms with Gasteiger partial charge in [-0.05, 0) is 43.3 Å². The molecule has 0 spiro atoms. The monoisotopic (exact) mass is 291 g/mol. The number of hydrogen-bond acceptors (Lipinski definition) is 5. The Morgan fingerprint density at radius 3 is 2.60 bits per heavy atom. The number of hydrogen-bond donors (Lipinski definition) is 1. The van der Waals surface area contributed by atoms with Crippen molar-refractivity contribution >= 4 is 23.4 Å². The Morgan fingerprint density at radius 1 is 1.25 bits per heavy atom. The molecule has 1 aromatic carbocycles. The highest BCUT2D eigenvalue weighted by Crippen LogP contribution is 2.23. The van der Waals surface area contributed by atoms with E-state index in [0.29, 0.717) is 5.16 Å². The number of amides is 1. The van der Waals surface area contributed by atoms with Crippen molar-refractivity contribution in [2.24, 2.45) is 0 Å². The van der Waals surface area contributed by atoms with Crippen molar-refractivity contribution in [1.29, 1.82) is 0 Å². The van der Waals surface area contributed by atoms with Gasteiger partial charge in [-0.15, -0.1) is 5.10 Å². The number of carbonyl (C=O) groups is 1. The molecule has 1 amide bonds. The van der Waals surface area contributed by atoms with Crippen LogP contribution in [-0.2, 0) is 4.79 Å². The summed E-state index contributed by atoms with van der Waals surface area (Å²) in [7, 11) is 0. The number of aromatic nitrogens is 4. The highest BCUT2D eigenvalue weighted by Gasteiger charge is 2.19. The summed E-state index contributed by atoms with van der Waals surface area (Å²) < 4.78 is 1.71. The number of nitrogens with one attached hydrogen (secondary N) is 1. The van der Waals surface area contributed by atoms with Crippen LogP contribution in [0, 0.1) is 0 Å². The van der Waals surface area contributed by atoms with Gasteiger partial charge in [0.2, 0.25) is 11.1 Å². The van der Waals surface area contributed by atoms with Crippen LogP contribution < -0.4 is 5.32 Å². The first-order valence-electron chi connectivity index (χ1n) is 6.38. The number of nitrogens with zero attached hydrogens (tertiary/aromatic N) is 4. The maximum atomic E-state index is 12.1. The van der Waals surface area contributed by atoms with Crippen molar-refractivity contribution in [3.8, 4) is 0 Å². The molecule has 0 fully saturated rings. The zero-order valence-corrected chi connectivity index (χ0v) is 12.5. The molecule has 0 aliphatic rings. The molecule has 1 aromatic heterocycles. The lowest BCUT2D eigenvalue weighted by Crippen LogP contribution is -2.23. The molecule has 0 aliphatic carbocycles. The van der Waals surface area contributed by atoms with Gasteiger partial charge in [-0.2, -0.15) is 0 Å². The Labute approximate surface area is 121 Å². The predicted molar refractivity (Wildman–Crippen MR) is 78.6 cm³/mol. The molecule has 0 saturated carbocycles. The van der Waals surface area contributed by atoms with E-state index >= 15 is 0 Å². The van der Waals surface area contributed by atoms with Crippen LogP contribution >= 0.6 is 11.8 Å². The third-order valence-corrected chi connectivity index (χ3v) is 3.69. The maximum Gasteiger partial charge on any atom is 0.237 e. The maximum absolute atomic E-state index is 12.1. The largest absolute Gasteiger partial charge is 0.325 e. The van der Waals surface area contributed by atoms with E-state index in [1.807, 2.05) is 51.1 Å². The van der Waals surface area contributed by atoms with Crippen molar-refractivity contribution in [2.75, 3.05) is 5.32 Å². The van der Waals surface area contributed by atoms with Crippen LogP contribution in [0.2, 0.25) is 0 Å². The Bertz CT molecular complexity index is 569. The summed E-state index contributed by atoms with van der Waals surface area (Å²) in [6.45, 7) is 5.83. The van der Waals surface area contributed by atoms with Gasteiger partial charge in [-0.25, -0.2) is 4.68 Å². The van der Waals surface area contributed by atoms with Gasteiger partial charge in [0, 0.05) is 5.69 Å². The minimum absolute atomic E-state index is 0.0699. The summed E-state index contributed by atoms with van der Waals surface area (Å²) in [5, 5.41) is 14.8. The van der Waals surface area contributed by atoms with Gasteiger partial charge in [0.1, 0.15) is 0 Å². The van der Waals surface area contributed by atoms with Crippen molar-refractivity contribution in [2.45, 2.75) is 37.2 Å². The van der Waals surface area contributed by atoms with Gasteiger partial charge >= 0.3 is 0 Å². The molecule has 7 heteroatoms. The molecule has 2 aromatic rings. The first kappa shape index (κ1) is 14.5. The molecule has 0 radical (unpaired) electrons. The van der Waals surface area contributed by atoms with Crippen molar-refractivity contribution in [1.82, 2.24) is 20.2 Å². The average molecular weight is 291 g/mol. The van der Waals surface area contributed by atoms with E-state index in [0.717, 1.165) is 5.69 Å². The van der Waals surface area contributed by atoms with Crippen LogP contribution in [-0.4, -0.2) is 31.4 Å². The Morgan fingerprint density at radius 2 is 1.95 bits per heavy atom. The molecule has 0 bridgehead atoms. The fourth-order valence-corrected chi connectivity index (χ4v) is 2.49. The second kappa shape index (κ2) is 6.51. The molecular weight excluding hydrogens is 274 g/mol. The van der Waals surface area contributed by atoms with Gasteiger partial charge in [0.25, 0.3) is 0 Å². The normalized spacial score (nSPS) is 12.4. The third kappa shape index (κ3) is 3.57. The lowest BCUT2D eigenvalue weighted by atomic mass is 10.3. The molecule has 2 rings (SSSR count). The fourth-order valence-electron chi connectivity index (χ4n) is 1.56. The first-order chi connectivity index (χ1) is 9.58. The first-order valence-corrected chi connectivity index (χ1v) is 7.26. The quantitative estimate of drug-likeness (QED) is 0.856. The molecular formula is C13H17N5OS. The topological polar surface area (TPSA) is 72.7 Å². The fraction of sp³-hybridized carbons (Fsp3) is 0.385. The predicted octanol–water partition coefficient (Wildman–Crippen LogP) is 2.37. The zero-order valence-electron chi connectivity index (χ0n) is 11.6. The second-order valence-electron chi connectivity index (χ2n) is 4.62. The Hall–Kier alpha value is -1.89. The lowest BCUT2D eigenvalue weighted by Gasteiger charge is -2.12. The van der Waals surface area contributed by atoms with Gasteiger partial charge < -0.3 is 5.32 Å². The summed E-state index contributed by atoms with van der Waals surface area (Å²) in [6.07, 6.45) is 0. The number of thioether (sulfide) groups is 1. The van der Waals surface area contributed by atoms with Crippen LogP contribution in [0.25, 0.3) is 0 Å². The van der Waals surface area contributed by atoms with E-state index in [4.69, 9.17) is 0 Å². The smallest absolute Gasteiger partial charge is 0.237 e. The summed E-state index contributed by atoms with van der Waals surface area (Å²) in [5.74, 6) is -0.0699. The van der Waals surface area contributed by atoms with Gasteiger partial charge in [-0.1, -0.05) is 30.0 Å². The van der Waals surface area contributed by atoms with Crippen LogP contribution in [0.5, 0.6) is 0 Å². The number of para-hydroxylation sites is 1. The van der Waals surface area contributed by atoms with Gasteiger partial charge in [-0.3, -0.25) is 4.79 Å². The standard InChI is InChI=1S/C13H17N5OS/c1-9(2)18-13(15-16-17-18)20-10(3)12(19)14-11-7-5-4-6-8-11/h4-10H,1-3H3,(H,14,19)/t10-/m0/s1. The molecule has 0 saturated heterocycles. The van der Waals surface area contributed by atoms with E-state index in [-0.39, 0.29) is 17.2 Å². The van der Waals surface area contributed by atoms with Crippen LogP contribution in [0.4, 0.5) is 5.69 Å². The lowest BCUT2D eigenvalue weighted by molar-refractivity contribution is -0.115. The molecule has 0 unspecified atom stereocenters. The number of anilines is 1. The second-order valence-corrected chi connectivity index (χ2v) is 5.92. The summed E-state index contributed by atoms with van der Waals surface area (Å²) in [4.78, 5) is 12.1. The molecule has 0 aliphatic heterocycles. The van der Waals surface area contributed by atoms with Crippen molar-refractivity contribution in [3.63, 3.8) is 0 Å². The third-order valence-electron chi connectivity index (χ3n) is 2.64. The van der Waals surface area contributed by atoms with Crippen LogP contribution in [0.1, 0.15) is 26.8 Å². The summed E-state index contributed by atoms with van der Waals surface area (Å²) in [6, 6.07) is 9.54. The van der Waals surface area contributed by atoms with E-state index in [1.54, 1.807) is 4.68 Å². The van der Waals surface area contributed by atoms with E-state index in [2.05, 4.69) is 20.8 Å². The number of benzene rings is 1. The number of carbonyl (C=O) groups excluding carboxylic acids is 1. The SMILES string of the molecule is CC(C)n1nnnc1S[C@@H](C)C(=O)Nc1ccccc1. The minimum Gasteiger partial charge on any atom is -0.325 e. The van der Waals surface area contributed by atoms with Gasteiger partial charge in [0.15, 0.2) is 0 Å².